The minimum atomic E-state index is -1.35. The van der Waals surface area contributed by atoms with Crippen LogP contribution in [0.3, 0.4) is 0 Å². The molecule has 5 rings (SSSR count). The monoisotopic (exact) mass is 531 g/mol. The first kappa shape index (κ1) is 24.2. The first-order chi connectivity index (χ1) is 16.7. The number of nitrogens with zero attached hydrogens (tertiary/aromatic N) is 1. The number of nitrogens with one attached hydrogen (secondary N) is 2. The molecule has 2 heterocycles. The highest BCUT2D eigenvalue weighted by atomic mass is 35.5. The number of anilines is 1. The Hall–Kier alpha value is -2.46. The first-order valence-electron chi connectivity index (χ1n) is 11.3. The minimum Gasteiger partial charge on any atom is -0.454 e. The van der Waals surface area contributed by atoms with Gasteiger partial charge in [0.05, 0.1) is 27.2 Å². The van der Waals surface area contributed by atoms with Crippen molar-refractivity contribution in [2.24, 2.45) is 0 Å². The van der Waals surface area contributed by atoms with Gasteiger partial charge in [0.1, 0.15) is 0 Å². The molecular formula is C25H26ClN3O4S2. The van der Waals surface area contributed by atoms with Crippen LogP contribution >= 0.6 is 22.9 Å². The second-order valence-electron chi connectivity index (χ2n) is 9.63. The molecule has 7 nitrogen and oxygen atoms in total. The molecule has 1 aromatic heterocycles. The summed E-state index contributed by atoms with van der Waals surface area (Å²) in [5.41, 5.74) is 1.11. The Kier molecular flexibility index (Phi) is 6.37. The highest BCUT2D eigenvalue weighted by molar-refractivity contribution is 7.84. The molecule has 0 radical (unpaired) electrons. The van der Waals surface area contributed by atoms with E-state index in [1.807, 2.05) is 57.2 Å². The number of halogens is 1. The van der Waals surface area contributed by atoms with E-state index >= 15 is 0 Å². The smallest absolute Gasteiger partial charge is 0.236 e. The van der Waals surface area contributed by atoms with E-state index < -0.39 is 27.2 Å². The number of ether oxygens (including phenoxy) is 2. The van der Waals surface area contributed by atoms with Crippen LogP contribution in [0.25, 0.3) is 0 Å². The number of benzene rings is 2. The van der Waals surface area contributed by atoms with Crippen LogP contribution in [-0.2, 0) is 21.2 Å². The summed E-state index contributed by atoms with van der Waals surface area (Å²) in [5, 5.41) is 4.04. The van der Waals surface area contributed by atoms with Crippen molar-refractivity contribution >= 4 is 45.0 Å². The Morgan fingerprint density at radius 1 is 1.17 bits per heavy atom. The Bertz CT molecular complexity index is 1300. The molecule has 1 saturated carbocycles. The molecule has 1 aliphatic heterocycles. The van der Waals surface area contributed by atoms with E-state index in [2.05, 4.69) is 15.0 Å². The van der Waals surface area contributed by atoms with Crippen molar-refractivity contribution in [3.8, 4) is 11.5 Å². The summed E-state index contributed by atoms with van der Waals surface area (Å²) in [6.07, 6.45) is 3.21. The summed E-state index contributed by atoms with van der Waals surface area (Å²) >= 11 is 7.83. The number of fused-ring (bicyclic) bond motifs is 1. The van der Waals surface area contributed by atoms with Crippen LogP contribution in [0.1, 0.15) is 55.7 Å². The van der Waals surface area contributed by atoms with Gasteiger partial charge in [0, 0.05) is 16.1 Å². The van der Waals surface area contributed by atoms with Crippen LogP contribution in [0, 0.1) is 0 Å². The molecule has 184 valence electrons. The molecular weight excluding hydrogens is 506 g/mol. The average molecular weight is 532 g/mol. The molecule has 10 heteroatoms. The number of thiazole rings is 1. The van der Waals surface area contributed by atoms with Gasteiger partial charge in [-0.2, -0.15) is 0 Å². The molecule has 3 aromatic rings. The number of hydrogen-bond acceptors (Lipinski definition) is 6. The molecule has 2 aliphatic rings. The molecule has 1 fully saturated rings. The maximum absolute atomic E-state index is 13.3. The van der Waals surface area contributed by atoms with Crippen LogP contribution in [0.4, 0.5) is 5.13 Å². The largest absolute Gasteiger partial charge is 0.454 e. The third-order valence-electron chi connectivity index (χ3n) is 6.14. The zero-order valence-electron chi connectivity index (χ0n) is 19.6. The van der Waals surface area contributed by atoms with Gasteiger partial charge < -0.3 is 14.8 Å². The lowest BCUT2D eigenvalue weighted by Gasteiger charge is -2.24. The Balaban J connectivity index is 1.38. The van der Waals surface area contributed by atoms with E-state index in [1.54, 1.807) is 12.3 Å². The van der Waals surface area contributed by atoms with Gasteiger partial charge in [-0.05, 0) is 62.9 Å². The first-order valence-corrected chi connectivity index (χ1v) is 13.6. The van der Waals surface area contributed by atoms with Crippen LogP contribution < -0.4 is 19.5 Å². The van der Waals surface area contributed by atoms with Gasteiger partial charge in [0.15, 0.2) is 16.6 Å². The predicted molar refractivity (Wildman–Crippen MR) is 139 cm³/mol. The summed E-state index contributed by atoms with van der Waals surface area (Å²) in [6, 6.07) is 12.7. The van der Waals surface area contributed by atoms with E-state index in [0.717, 1.165) is 28.8 Å². The normalized spacial score (nSPS) is 17.6. The number of amides is 1. The second-order valence-corrected chi connectivity index (χ2v) is 13.1. The second kappa shape index (κ2) is 9.20. The van der Waals surface area contributed by atoms with E-state index in [1.165, 1.54) is 11.3 Å². The van der Waals surface area contributed by atoms with Gasteiger partial charge in [0.2, 0.25) is 12.7 Å². The van der Waals surface area contributed by atoms with Crippen LogP contribution in [0.5, 0.6) is 11.5 Å². The third kappa shape index (κ3) is 4.82. The summed E-state index contributed by atoms with van der Waals surface area (Å²) in [5.74, 6) is 1.26. The lowest BCUT2D eigenvalue weighted by molar-refractivity contribution is -0.118. The zero-order valence-corrected chi connectivity index (χ0v) is 22.0. The van der Waals surface area contributed by atoms with Crippen molar-refractivity contribution in [2.75, 3.05) is 12.1 Å². The fourth-order valence-corrected chi connectivity index (χ4v) is 5.95. The lowest BCUT2D eigenvalue weighted by Crippen LogP contribution is -2.36. The zero-order chi connectivity index (χ0) is 24.8. The number of carbonyl (C=O) groups excluding carboxylic acids is 1. The molecule has 2 atom stereocenters. The van der Waals surface area contributed by atoms with Crippen molar-refractivity contribution in [1.82, 2.24) is 9.71 Å². The van der Waals surface area contributed by atoms with Gasteiger partial charge in [0.25, 0.3) is 0 Å². The maximum atomic E-state index is 13.3. The molecule has 35 heavy (non-hydrogen) atoms. The Morgan fingerprint density at radius 2 is 1.91 bits per heavy atom. The highest BCUT2D eigenvalue weighted by Gasteiger charge is 2.52. The lowest BCUT2D eigenvalue weighted by atomic mass is 9.94. The molecule has 2 aromatic carbocycles. The fraction of sp³-hybridized carbons (Fsp3) is 0.360. The van der Waals surface area contributed by atoms with Gasteiger partial charge in [-0.3, -0.25) is 4.79 Å². The van der Waals surface area contributed by atoms with E-state index in [-0.39, 0.29) is 12.7 Å². The molecule has 1 aliphatic carbocycles. The molecule has 1 amide bonds. The predicted octanol–water partition coefficient (Wildman–Crippen LogP) is 5.34. The quantitative estimate of drug-likeness (QED) is 0.430. The van der Waals surface area contributed by atoms with Gasteiger partial charge >= 0.3 is 0 Å². The van der Waals surface area contributed by atoms with E-state index in [4.69, 9.17) is 21.1 Å². The molecule has 2 N–H and O–H groups in total. The summed E-state index contributed by atoms with van der Waals surface area (Å²) in [4.78, 5) is 18.6. The average Bonchev–Trinajstić information content (AvgIpc) is 3.28. The van der Waals surface area contributed by atoms with Gasteiger partial charge in [-0.25, -0.2) is 13.9 Å². The minimum absolute atomic E-state index is 0.0993. The van der Waals surface area contributed by atoms with Crippen molar-refractivity contribution in [1.29, 1.82) is 0 Å². The fourth-order valence-electron chi connectivity index (χ4n) is 3.93. The van der Waals surface area contributed by atoms with Crippen LogP contribution in [0.15, 0.2) is 48.7 Å². The highest BCUT2D eigenvalue weighted by Crippen LogP contribution is 2.51. The topological polar surface area (TPSA) is 89.6 Å². The third-order valence-corrected chi connectivity index (χ3v) is 9.02. The Morgan fingerprint density at radius 3 is 2.63 bits per heavy atom. The molecule has 0 saturated heterocycles. The van der Waals surface area contributed by atoms with Crippen molar-refractivity contribution in [3.63, 3.8) is 0 Å². The van der Waals surface area contributed by atoms with Gasteiger partial charge in [-0.1, -0.05) is 47.2 Å². The summed E-state index contributed by atoms with van der Waals surface area (Å²) < 4.78 is 26.6. The van der Waals surface area contributed by atoms with Crippen molar-refractivity contribution in [3.05, 3.63) is 69.7 Å². The molecule has 0 spiro atoms. The van der Waals surface area contributed by atoms with E-state index in [9.17, 15) is 9.00 Å². The number of hydrogen-bond donors (Lipinski definition) is 2. The van der Waals surface area contributed by atoms with Crippen molar-refractivity contribution < 1.29 is 18.5 Å². The maximum Gasteiger partial charge on any atom is 0.236 e. The van der Waals surface area contributed by atoms with Crippen molar-refractivity contribution in [2.45, 2.75) is 49.8 Å². The number of rotatable bonds is 7. The van der Waals surface area contributed by atoms with E-state index in [0.29, 0.717) is 21.7 Å². The SMILES string of the molecule is CC(C)(C)[S@](=O)N[C@H](c1cnc(NC(=O)C2(c3ccc4c(c3)OCO4)CC2)s1)c1ccccc1Cl. The molecule has 0 unspecified atom stereocenters. The molecule has 0 bridgehead atoms. The van der Waals surface area contributed by atoms with Gasteiger partial charge in [-0.15, -0.1) is 0 Å². The summed E-state index contributed by atoms with van der Waals surface area (Å²) in [6.45, 7) is 5.91. The van der Waals surface area contributed by atoms with Crippen LogP contribution in [0.2, 0.25) is 5.02 Å². The van der Waals surface area contributed by atoms with Crippen LogP contribution in [-0.4, -0.2) is 26.6 Å². The summed E-state index contributed by atoms with van der Waals surface area (Å²) in [7, 11) is -1.35. The Labute approximate surface area is 215 Å². The standard InChI is InChI=1S/C25H26ClN3O4S2/c1-24(2,3)35(31)29-21(16-6-4-5-7-17(16)26)20-13-27-23(34-20)28-22(30)25(10-11-25)15-8-9-18-19(12-15)33-14-32-18/h4-9,12-13,21,29H,10-11,14H2,1-3H3,(H,27,28,30)/t21-,35-/m0/s1. The number of aromatic nitrogens is 1. The number of carbonyl (C=O) groups is 1.